The first-order chi connectivity index (χ1) is 6.56. The van der Waals surface area contributed by atoms with E-state index in [9.17, 15) is 9.18 Å². The van der Waals surface area contributed by atoms with Crippen LogP contribution >= 0.6 is 0 Å². The second kappa shape index (κ2) is 4.01. The van der Waals surface area contributed by atoms with E-state index in [4.69, 9.17) is 5.26 Å². The number of nitriles is 1. The molecule has 0 aliphatic heterocycles. The molecule has 0 fully saturated rings. The lowest BCUT2D eigenvalue weighted by Gasteiger charge is -2.05. The van der Waals surface area contributed by atoms with Crippen LogP contribution in [-0.4, -0.2) is 5.78 Å². The van der Waals surface area contributed by atoms with E-state index in [1.54, 1.807) is 6.92 Å². The molecular formula is C11H10FNO. The number of hydrogen-bond donors (Lipinski definition) is 0. The van der Waals surface area contributed by atoms with E-state index < -0.39 is 11.7 Å². The van der Waals surface area contributed by atoms with E-state index >= 15 is 0 Å². The summed E-state index contributed by atoms with van der Waals surface area (Å²) in [6, 6.07) is 5.84. The van der Waals surface area contributed by atoms with Gasteiger partial charge in [-0.25, -0.2) is 4.39 Å². The van der Waals surface area contributed by atoms with Crippen LogP contribution in [-0.2, 0) is 0 Å². The summed E-state index contributed by atoms with van der Waals surface area (Å²) in [7, 11) is 0. The zero-order valence-corrected chi connectivity index (χ0v) is 8.04. The number of halogens is 1. The first-order valence-electron chi connectivity index (χ1n) is 4.26. The Kier molecular flexibility index (Phi) is 2.98. The van der Waals surface area contributed by atoms with Gasteiger partial charge in [-0.15, -0.1) is 0 Å². The lowest BCUT2D eigenvalue weighted by molar-refractivity contribution is 0.0955. The van der Waals surface area contributed by atoms with Gasteiger partial charge >= 0.3 is 0 Å². The van der Waals surface area contributed by atoms with E-state index in [2.05, 4.69) is 0 Å². The van der Waals surface area contributed by atoms with Crippen molar-refractivity contribution in [3.63, 3.8) is 0 Å². The van der Waals surface area contributed by atoms with E-state index in [0.29, 0.717) is 11.1 Å². The van der Waals surface area contributed by atoms with Crippen LogP contribution in [0.15, 0.2) is 18.2 Å². The minimum atomic E-state index is -0.726. The fourth-order valence-electron chi connectivity index (χ4n) is 1.15. The maximum absolute atomic E-state index is 12.8. The highest BCUT2D eigenvalue weighted by atomic mass is 19.1. The average molecular weight is 191 g/mol. The van der Waals surface area contributed by atoms with Gasteiger partial charge in [0.25, 0.3) is 0 Å². The molecule has 0 N–H and O–H groups in total. The van der Waals surface area contributed by atoms with Gasteiger partial charge in [-0.2, -0.15) is 5.26 Å². The second-order valence-electron chi connectivity index (χ2n) is 3.17. The molecule has 2 nitrogen and oxygen atoms in total. The number of nitrogens with zero attached hydrogens (tertiary/aromatic N) is 1. The number of Topliss-reactive ketones (excluding diaryl/α,β-unsaturated/α-hetero) is 1. The van der Waals surface area contributed by atoms with Crippen molar-refractivity contribution in [2.24, 2.45) is 5.92 Å². The molecule has 0 saturated heterocycles. The third-order valence-corrected chi connectivity index (χ3v) is 2.05. The van der Waals surface area contributed by atoms with Gasteiger partial charge in [0.15, 0.2) is 5.78 Å². The van der Waals surface area contributed by atoms with Crippen LogP contribution in [0.25, 0.3) is 0 Å². The molecule has 0 amide bonds. The fraction of sp³-hybridized carbons (Fsp3) is 0.273. The second-order valence-corrected chi connectivity index (χ2v) is 3.17. The van der Waals surface area contributed by atoms with Crippen molar-refractivity contribution in [2.45, 2.75) is 13.8 Å². The number of rotatable bonds is 2. The fourth-order valence-corrected chi connectivity index (χ4v) is 1.15. The van der Waals surface area contributed by atoms with E-state index in [0.717, 1.165) is 0 Å². The number of carbonyl (C=O) groups excluding carboxylic acids is 1. The monoisotopic (exact) mass is 191 g/mol. The smallest absolute Gasteiger partial charge is 0.180 e. The molecule has 0 saturated carbocycles. The maximum atomic E-state index is 12.8. The minimum absolute atomic E-state index is 0.291. The standard InChI is InChI=1S/C11H10FNO/c1-7-3-4-9(12)5-10(7)11(14)8(2)6-13/h3-5,8H,1-2H3. The molecule has 14 heavy (non-hydrogen) atoms. The van der Waals surface area contributed by atoms with Crippen LogP contribution < -0.4 is 0 Å². The highest BCUT2D eigenvalue weighted by Gasteiger charge is 2.16. The Morgan fingerprint density at radius 2 is 2.21 bits per heavy atom. The van der Waals surface area contributed by atoms with Gasteiger partial charge in [0, 0.05) is 5.56 Å². The minimum Gasteiger partial charge on any atom is -0.293 e. The van der Waals surface area contributed by atoms with Crippen LogP contribution in [0, 0.1) is 30.0 Å². The Morgan fingerprint density at radius 1 is 1.57 bits per heavy atom. The van der Waals surface area contributed by atoms with E-state index in [1.807, 2.05) is 6.07 Å². The van der Waals surface area contributed by atoms with Crippen LogP contribution in [0.5, 0.6) is 0 Å². The largest absolute Gasteiger partial charge is 0.293 e. The van der Waals surface area contributed by atoms with Gasteiger partial charge in [0.05, 0.1) is 6.07 Å². The molecule has 0 heterocycles. The van der Waals surface area contributed by atoms with Crippen molar-refractivity contribution in [3.8, 4) is 6.07 Å². The molecule has 0 spiro atoms. The molecular weight excluding hydrogens is 181 g/mol. The zero-order valence-electron chi connectivity index (χ0n) is 8.04. The van der Waals surface area contributed by atoms with Gasteiger partial charge in [0.2, 0.25) is 0 Å². The maximum Gasteiger partial charge on any atom is 0.180 e. The summed E-state index contributed by atoms with van der Waals surface area (Å²) in [5.41, 5.74) is 0.984. The number of ketones is 1. The average Bonchev–Trinajstić information content (AvgIpc) is 2.19. The summed E-state index contributed by atoms with van der Waals surface area (Å²) < 4.78 is 12.8. The molecule has 0 radical (unpaired) electrons. The normalized spacial score (nSPS) is 11.9. The molecule has 0 bridgehead atoms. The van der Waals surface area contributed by atoms with Crippen molar-refractivity contribution in [3.05, 3.63) is 35.1 Å². The van der Waals surface area contributed by atoms with Gasteiger partial charge in [0.1, 0.15) is 11.7 Å². The van der Waals surface area contributed by atoms with Gasteiger partial charge in [-0.1, -0.05) is 6.07 Å². The molecule has 72 valence electrons. The first-order valence-corrected chi connectivity index (χ1v) is 4.26. The molecule has 1 aromatic carbocycles. The molecule has 1 aromatic rings. The summed E-state index contributed by atoms with van der Waals surface area (Å²) in [5.74, 6) is -1.51. The SMILES string of the molecule is Cc1ccc(F)cc1C(=O)C(C)C#N. The van der Waals surface area contributed by atoms with Crippen molar-refractivity contribution in [1.82, 2.24) is 0 Å². The lowest BCUT2D eigenvalue weighted by Crippen LogP contribution is -2.11. The molecule has 3 heteroatoms. The van der Waals surface area contributed by atoms with E-state index in [1.165, 1.54) is 25.1 Å². The molecule has 1 atom stereocenters. The summed E-state index contributed by atoms with van der Waals surface area (Å²) in [6.45, 7) is 3.23. The van der Waals surface area contributed by atoms with Crippen molar-refractivity contribution in [2.75, 3.05) is 0 Å². The van der Waals surface area contributed by atoms with Crippen molar-refractivity contribution in [1.29, 1.82) is 5.26 Å². The van der Waals surface area contributed by atoms with Gasteiger partial charge in [-0.3, -0.25) is 4.79 Å². The highest BCUT2D eigenvalue weighted by Crippen LogP contribution is 2.14. The zero-order chi connectivity index (χ0) is 10.7. The lowest BCUT2D eigenvalue weighted by atomic mass is 9.97. The number of aryl methyl sites for hydroxylation is 1. The third-order valence-electron chi connectivity index (χ3n) is 2.05. The topological polar surface area (TPSA) is 40.9 Å². The van der Waals surface area contributed by atoms with Crippen LogP contribution in [0.2, 0.25) is 0 Å². The number of carbonyl (C=O) groups is 1. The first kappa shape index (κ1) is 10.4. The molecule has 0 aromatic heterocycles. The predicted molar refractivity (Wildman–Crippen MR) is 50.2 cm³/mol. The summed E-state index contributed by atoms with van der Waals surface area (Å²) in [5, 5.41) is 8.56. The third kappa shape index (κ3) is 1.97. The van der Waals surface area contributed by atoms with Crippen molar-refractivity contribution >= 4 is 5.78 Å². The van der Waals surface area contributed by atoms with Crippen LogP contribution in [0.4, 0.5) is 4.39 Å². The van der Waals surface area contributed by atoms with Crippen molar-refractivity contribution < 1.29 is 9.18 Å². The van der Waals surface area contributed by atoms with E-state index in [-0.39, 0.29) is 5.78 Å². The predicted octanol–water partition coefficient (Wildman–Crippen LogP) is 2.48. The quantitative estimate of drug-likeness (QED) is 0.674. The van der Waals surface area contributed by atoms with Gasteiger partial charge in [-0.05, 0) is 31.5 Å². The Labute approximate surface area is 82.0 Å². The Bertz CT molecular complexity index is 406. The summed E-state index contributed by atoms with van der Waals surface area (Å²) in [4.78, 5) is 11.6. The highest BCUT2D eigenvalue weighted by molar-refractivity contribution is 6.00. The molecule has 1 rings (SSSR count). The Morgan fingerprint density at radius 3 is 2.79 bits per heavy atom. The summed E-state index contributed by atoms with van der Waals surface area (Å²) in [6.07, 6.45) is 0. The number of hydrogen-bond acceptors (Lipinski definition) is 2. The summed E-state index contributed by atoms with van der Waals surface area (Å²) >= 11 is 0. The Hall–Kier alpha value is -1.69. The molecule has 0 aliphatic rings. The number of benzene rings is 1. The van der Waals surface area contributed by atoms with Gasteiger partial charge < -0.3 is 0 Å². The van der Waals surface area contributed by atoms with Crippen LogP contribution in [0.1, 0.15) is 22.8 Å². The molecule has 1 unspecified atom stereocenters. The molecule has 0 aliphatic carbocycles. The Balaban J connectivity index is 3.14. The van der Waals surface area contributed by atoms with Crippen LogP contribution in [0.3, 0.4) is 0 Å².